The predicted molar refractivity (Wildman–Crippen MR) is 82.8 cm³/mol. The molecule has 108 valence electrons. The maximum absolute atomic E-state index is 12.2. The molecule has 19 heavy (non-hydrogen) atoms. The number of benzene rings is 1. The quantitative estimate of drug-likeness (QED) is 0.757. The fourth-order valence-corrected chi connectivity index (χ4v) is 3.49. The van der Waals surface area contributed by atoms with E-state index in [9.17, 15) is 8.42 Å². The number of halogens is 1. The minimum absolute atomic E-state index is 0.0273. The van der Waals surface area contributed by atoms with Crippen molar-refractivity contribution in [2.75, 3.05) is 0 Å². The van der Waals surface area contributed by atoms with Crippen LogP contribution in [0.3, 0.4) is 0 Å². The Hall–Kier alpha value is -0.390. The summed E-state index contributed by atoms with van der Waals surface area (Å²) >= 11 is 3.37. The number of rotatable bonds is 7. The number of aryl methyl sites for hydroxylation is 1. The summed E-state index contributed by atoms with van der Waals surface area (Å²) in [7, 11) is -3.41. The third kappa shape index (κ3) is 5.24. The molecule has 0 saturated carbocycles. The van der Waals surface area contributed by atoms with Crippen LogP contribution in [0.1, 0.15) is 45.1 Å². The van der Waals surface area contributed by atoms with E-state index < -0.39 is 10.0 Å². The highest BCUT2D eigenvalue weighted by atomic mass is 79.9. The summed E-state index contributed by atoms with van der Waals surface area (Å²) in [5.41, 5.74) is 0.918. The number of sulfonamides is 1. The van der Waals surface area contributed by atoms with Crippen molar-refractivity contribution in [3.05, 3.63) is 28.2 Å². The second-order valence-electron chi connectivity index (χ2n) is 4.93. The van der Waals surface area contributed by atoms with Gasteiger partial charge < -0.3 is 0 Å². The molecule has 0 heterocycles. The van der Waals surface area contributed by atoms with Gasteiger partial charge in [0.1, 0.15) is 0 Å². The topological polar surface area (TPSA) is 46.2 Å². The third-order valence-electron chi connectivity index (χ3n) is 3.04. The molecule has 0 aliphatic carbocycles. The molecule has 1 aromatic carbocycles. The van der Waals surface area contributed by atoms with Crippen LogP contribution in [0.5, 0.6) is 0 Å². The average molecular weight is 348 g/mol. The van der Waals surface area contributed by atoms with E-state index in [-0.39, 0.29) is 6.04 Å². The number of nitrogens with one attached hydrogen (secondary N) is 1. The summed E-state index contributed by atoms with van der Waals surface area (Å²) in [4.78, 5) is 0.329. The molecule has 0 amide bonds. The van der Waals surface area contributed by atoms with E-state index in [2.05, 4.69) is 27.6 Å². The van der Waals surface area contributed by atoms with Crippen LogP contribution in [0.15, 0.2) is 27.6 Å². The molecule has 0 spiro atoms. The summed E-state index contributed by atoms with van der Waals surface area (Å²) in [6, 6.07) is 5.05. The molecule has 0 fully saturated rings. The lowest BCUT2D eigenvalue weighted by Gasteiger charge is -2.14. The van der Waals surface area contributed by atoms with E-state index in [0.717, 1.165) is 35.7 Å². The van der Waals surface area contributed by atoms with Crippen molar-refractivity contribution in [2.24, 2.45) is 0 Å². The molecule has 0 bridgehead atoms. The summed E-state index contributed by atoms with van der Waals surface area (Å²) in [5.74, 6) is 0. The molecule has 0 aromatic heterocycles. The highest BCUT2D eigenvalue weighted by Gasteiger charge is 2.17. The molecule has 3 nitrogen and oxygen atoms in total. The Morgan fingerprint density at radius 1 is 1.32 bits per heavy atom. The molecule has 1 unspecified atom stereocenters. The number of unbranched alkanes of at least 4 members (excludes halogenated alkanes) is 2. The Bertz CT molecular complexity index is 514. The van der Waals surface area contributed by atoms with Crippen molar-refractivity contribution in [3.8, 4) is 0 Å². The van der Waals surface area contributed by atoms with E-state index in [1.54, 1.807) is 18.2 Å². The zero-order valence-electron chi connectivity index (χ0n) is 11.7. The van der Waals surface area contributed by atoms with E-state index in [1.165, 1.54) is 0 Å². The van der Waals surface area contributed by atoms with Gasteiger partial charge in [0.25, 0.3) is 0 Å². The van der Waals surface area contributed by atoms with Gasteiger partial charge in [-0.1, -0.05) is 42.1 Å². The maximum atomic E-state index is 12.2. The van der Waals surface area contributed by atoms with Crippen LogP contribution in [-0.4, -0.2) is 14.5 Å². The van der Waals surface area contributed by atoms with Crippen molar-refractivity contribution in [1.82, 2.24) is 4.72 Å². The SMILES string of the molecule is CCCCCC(C)NS(=O)(=O)c1ccc(Br)c(C)c1. The van der Waals surface area contributed by atoms with Crippen LogP contribution >= 0.6 is 15.9 Å². The van der Waals surface area contributed by atoms with Crippen molar-refractivity contribution in [2.45, 2.75) is 57.4 Å². The Morgan fingerprint density at radius 2 is 2.00 bits per heavy atom. The average Bonchev–Trinajstić information content (AvgIpc) is 2.32. The lowest BCUT2D eigenvalue weighted by molar-refractivity contribution is 0.527. The van der Waals surface area contributed by atoms with Gasteiger partial charge in [0.05, 0.1) is 4.90 Å². The molecule has 1 atom stereocenters. The van der Waals surface area contributed by atoms with E-state index in [0.29, 0.717) is 4.90 Å². The summed E-state index contributed by atoms with van der Waals surface area (Å²) in [6.07, 6.45) is 4.22. The Morgan fingerprint density at radius 3 is 2.58 bits per heavy atom. The molecule has 0 saturated heterocycles. The second-order valence-corrected chi connectivity index (χ2v) is 7.50. The molecule has 5 heteroatoms. The molecule has 0 aliphatic rings. The molecule has 0 radical (unpaired) electrons. The Kier molecular flexibility index (Phi) is 6.50. The molecular formula is C14H22BrNO2S. The first-order valence-corrected chi connectivity index (χ1v) is 8.93. The van der Waals surface area contributed by atoms with Crippen molar-refractivity contribution in [1.29, 1.82) is 0 Å². The first-order chi connectivity index (χ1) is 8.86. The molecular weight excluding hydrogens is 326 g/mol. The first-order valence-electron chi connectivity index (χ1n) is 6.65. The lowest BCUT2D eigenvalue weighted by Crippen LogP contribution is -2.32. The Balaban J connectivity index is 2.72. The van der Waals surface area contributed by atoms with Gasteiger partial charge in [-0.25, -0.2) is 13.1 Å². The summed E-state index contributed by atoms with van der Waals surface area (Å²) in [5, 5.41) is 0. The fraction of sp³-hybridized carbons (Fsp3) is 0.571. The van der Waals surface area contributed by atoms with Gasteiger partial charge in [-0.15, -0.1) is 0 Å². The van der Waals surface area contributed by atoms with Gasteiger partial charge in [0.2, 0.25) is 10.0 Å². The molecule has 0 aliphatic heterocycles. The van der Waals surface area contributed by atoms with Crippen LogP contribution < -0.4 is 4.72 Å². The summed E-state index contributed by atoms with van der Waals surface area (Å²) < 4.78 is 28.1. The van der Waals surface area contributed by atoms with Gasteiger partial charge in [0, 0.05) is 10.5 Å². The summed E-state index contributed by atoms with van der Waals surface area (Å²) in [6.45, 7) is 5.94. The molecule has 1 rings (SSSR count). The van der Waals surface area contributed by atoms with E-state index >= 15 is 0 Å². The minimum Gasteiger partial charge on any atom is -0.208 e. The highest BCUT2D eigenvalue weighted by molar-refractivity contribution is 9.10. The first kappa shape index (κ1) is 16.7. The van der Waals surface area contributed by atoms with E-state index in [1.807, 2.05) is 13.8 Å². The second kappa shape index (κ2) is 7.41. The smallest absolute Gasteiger partial charge is 0.208 e. The fourth-order valence-electron chi connectivity index (χ4n) is 1.88. The lowest BCUT2D eigenvalue weighted by atomic mass is 10.1. The van der Waals surface area contributed by atoms with Crippen molar-refractivity contribution >= 4 is 26.0 Å². The third-order valence-corrected chi connectivity index (χ3v) is 5.51. The van der Waals surface area contributed by atoms with Gasteiger partial charge in [-0.3, -0.25) is 0 Å². The Labute approximate surface area is 125 Å². The predicted octanol–water partition coefficient (Wildman–Crippen LogP) is 4.00. The van der Waals surface area contributed by atoms with Crippen LogP contribution in [0.4, 0.5) is 0 Å². The van der Waals surface area contributed by atoms with Crippen molar-refractivity contribution < 1.29 is 8.42 Å². The van der Waals surface area contributed by atoms with E-state index in [4.69, 9.17) is 0 Å². The number of hydrogen-bond donors (Lipinski definition) is 1. The molecule has 1 aromatic rings. The minimum atomic E-state index is -3.41. The van der Waals surface area contributed by atoms with Gasteiger partial charge in [0.15, 0.2) is 0 Å². The zero-order valence-corrected chi connectivity index (χ0v) is 14.1. The normalized spacial score (nSPS) is 13.5. The van der Waals surface area contributed by atoms with Crippen LogP contribution in [0, 0.1) is 6.92 Å². The largest absolute Gasteiger partial charge is 0.240 e. The van der Waals surface area contributed by atoms with Gasteiger partial charge in [-0.05, 0) is 44.0 Å². The monoisotopic (exact) mass is 347 g/mol. The van der Waals surface area contributed by atoms with Crippen LogP contribution in [0.25, 0.3) is 0 Å². The van der Waals surface area contributed by atoms with Gasteiger partial charge in [-0.2, -0.15) is 0 Å². The van der Waals surface area contributed by atoms with Crippen molar-refractivity contribution in [3.63, 3.8) is 0 Å². The maximum Gasteiger partial charge on any atom is 0.240 e. The highest BCUT2D eigenvalue weighted by Crippen LogP contribution is 2.20. The number of hydrogen-bond acceptors (Lipinski definition) is 2. The van der Waals surface area contributed by atoms with Crippen LogP contribution in [0.2, 0.25) is 0 Å². The van der Waals surface area contributed by atoms with Crippen LogP contribution in [-0.2, 0) is 10.0 Å². The van der Waals surface area contributed by atoms with Gasteiger partial charge >= 0.3 is 0 Å². The molecule has 1 N–H and O–H groups in total. The zero-order chi connectivity index (χ0) is 14.5. The standard InChI is InChI=1S/C14H22BrNO2S/c1-4-5-6-7-12(3)16-19(17,18)13-8-9-14(15)11(2)10-13/h8-10,12,16H,4-7H2,1-3H3.